The molecule has 0 saturated heterocycles. The molecule has 0 spiro atoms. The van der Waals surface area contributed by atoms with Gasteiger partial charge in [0.15, 0.2) is 0 Å². The third-order valence-electron chi connectivity index (χ3n) is 3.29. The fourth-order valence-corrected chi connectivity index (χ4v) is 2.04. The molecule has 0 aliphatic carbocycles. The van der Waals surface area contributed by atoms with Crippen molar-refractivity contribution in [1.82, 2.24) is 15.1 Å². The number of carbonyl (C=O) groups excluding carboxylic acids is 2. The van der Waals surface area contributed by atoms with Crippen LogP contribution in [0, 0.1) is 6.92 Å². The number of carbonyl (C=O) groups is 2. The van der Waals surface area contributed by atoms with Crippen LogP contribution in [-0.2, 0) is 18.4 Å². The van der Waals surface area contributed by atoms with E-state index in [-0.39, 0.29) is 11.9 Å². The molecule has 0 saturated carbocycles. The quantitative estimate of drug-likeness (QED) is 0.791. The number of rotatable bonds is 5. The highest BCUT2D eigenvalue weighted by Gasteiger charge is 2.06. The highest BCUT2D eigenvalue weighted by Crippen LogP contribution is 2.19. The van der Waals surface area contributed by atoms with Crippen molar-refractivity contribution in [3.8, 4) is 0 Å². The van der Waals surface area contributed by atoms with Crippen LogP contribution in [0.25, 0.3) is 0 Å². The Kier molecular flexibility index (Phi) is 5.35. The summed E-state index contributed by atoms with van der Waals surface area (Å²) in [5.41, 5.74) is 3.23. The Hall–Kier alpha value is -2.83. The number of benzene rings is 1. The van der Waals surface area contributed by atoms with Gasteiger partial charge in [0, 0.05) is 43.1 Å². The molecule has 2 rings (SSSR count). The zero-order valence-electron chi connectivity index (χ0n) is 13.5. The molecule has 3 N–H and O–H groups in total. The van der Waals surface area contributed by atoms with E-state index in [2.05, 4.69) is 21.0 Å². The molecule has 3 amide bonds. The normalized spacial score (nSPS) is 10.2. The van der Waals surface area contributed by atoms with E-state index in [1.807, 2.05) is 26.2 Å². The molecule has 2 aromatic rings. The van der Waals surface area contributed by atoms with Crippen LogP contribution in [0.15, 0.2) is 30.6 Å². The lowest BCUT2D eigenvalue weighted by Gasteiger charge is -2.11. The van der Waals surface area contributed by atoms with Crippen LogP contribution in [-0.4, -0.2) is 21.7 Å². The van der Waals surface area contributed by atoms with Gasteiger partial charge in [-0.25, -0.2) is 4.79 Å². The summed E-state index contributed by atoms with van der Waals surface area (Å²) in [6.07, 6.45) is 3.97. The molecule has 122 valence electrons. The van der Waals surface area contributed by atoms with Crippen molar-refractivity contribution in [3.05, 3.63) is 41.7 Å². The molecule has 1 aromatic heterocycles. The third-order valence-corrected chi connectivity index (χ3v) is 3.29. The van der Waals surface area contributed by atoms with Crippen molar-refractivity contribution in [2.75, 3.05) is 10.6 Å². The smallest absolute Gasteiger partial charge is 0.319 e. The molecule has 0 unspecified atom stereocenters. The molecular formula is C16H21N5O2. The number of anilines is 2. The fourth-order valence-electron chi connectivity index (χ4n) is 2.04. The Labute approximate surface area is 135 Å². The predicted molar refractivity (Wildman–Crippen MR) is 89.2 cm³/mol. The molecule has 0 aliphatic rings. The van der Waals surface area contributed by atoms with Crippen LogP contribution < -0.4 is 16.0 Å². The van der Waals surface area contributed by atoms with E-state index in [4.69, 9.17) is 0 Å². The number of nitrogens with one attached hydrogen (secondary N) is 3. The van der Waals surface area contributed by atoms with Crippen molar-refractivity contribution >= 4 is 23.3 Å². The Balaban J connectivity index is 1.90. The fraction of sp³-hybridized carbons (Fsp3) is 0.312. The topological polar surface area (TPSA) is 88.1 Å². The van der Waals surface area contributed by atoms with Gasteiger partial charge >= 0.3 is 6.03 Å². The minimum Gasteiger partial charge on any atom is -0.334 e. The maximum Gasteiger partial charge on any atom is 0.319 e. The zero-order valence-corrected chi connectivity index (χ0v) is 13.5. The van der Waals surface area contributed by atoms with Gasteiger partial charge in [-0.05, 0) is 30.7 Å². The SMILES string of the molecule is CCC(=O)Nc1ccc(NC(=O)NCc2cnn(C)c2)cc1C. The van der Waals surface area contributed by atoms with Crippen LogP contribution in [0.5, 0.6) is 0 Å². The van der Waals surface area contributed by atoms with Gasteiger partial charge < -0.3 is 16.0 Å². The average Bonchev–Trinajstić information content (AvgIpc) is 2.93. The van der Waals surface area contributed by atoms with E-state index in [0.717, 1.165) is 16.8 Å². The molecule has 0 radical (unpaired) electrons. The van der Waals surface area contributed by atoms with Crippen LogP contribution in [0.4, 0.5) is 16.2 Å². The summed E-state index contributed by atoms with van der Waals surface area (Å²) in [5, 5.41) is 12.4. The van der Waals surface area contributed by atoms with Crippen molar-refractivity contribution in [2.24, 2.45) is 7.05 Å². The summed E-state index contributed by atoms with van der Waals surface area (Å²) in [4.78, 5) is 23.3. The maximum atomic E-state index is 11.9. The lowest BCUT2D eigenvalue weighted by atomic mass is 10.1. The number of hydrogen-bond donors (Lipinski definition) is 3. The zero-order chi connectivity index (χ0) is 16.8. The molecule has 1 heterocycles. The predicted octanol–water partition coefficient (Wildman–Crippen LogP) is 2.40. The van der Waals surface area contributed by atoms with Crippen molar-refractivity contribution in [1.29, 1.82) is 0 Å². The second kappa shape index (κ2) is 7.44. The van der Waals surface area contributed by atoms with Crippen LogP contribution in [0.2, 0.25) is 0 Å². The summed E-state index contributed by atoms with van der Waals surface area (Å²) in [6, 6.07) is 5.05. The molecule has 0 atom stereocenters. The largest absolute Gasteiger partial charge is 0.334 e. The van der Waals surface area contributed by atoms with Crippen molar-refractivity contribution in [3.63, 3.8) is 0 Å². The first-order chi connectivity index (χ1) is 11.0. The first-order valence-electron chi connectivity index (χ1n) is 7.41. The van der Waals surface area contributed by atoms with E-state index in [1.54, 1.807) is 29.9 Å². The van der Waals surface area contributed by atoms with Gasteiger partial charge in [-0.3, -0.25) is 9.48 Å². The molecule has 7 heteroatoms. The van der Waals surface area contributed by atoms with E-state index in [1.165, 1.54) is 0 Å². The van der Waals surface area contributed by atoms with Gasteiger partial charge in [-0.1, -0.05) is 6.92 Å². The summed E-state index contributed by atoms with van der Waals surface area (Å²) >= 11 is 0. The van der Waals surface area contributed by atoms with Crippen LogP contribution in [0.1, 0.15) is 24.5 Å². The van der Waals surface area contributed by atoms with Crippen molar-refractivity contribution < 1.29 is 9.59 Å². The number of nitrogens with zero attached hydrogens (tertiary/aromatic N) is 2. The van der Waals surface area contributed by atoms with E-state index in [9.17, 15) is 9.59 Å². The Morgan fingerprint density at radius 2 is 2.04 bits per heavy atom. The maximum absolute atomic E-state index is 11.9. The number of urea groups is 1. The van der Waals surface area contributed by atoms with Gasteiger partial charge in [0.1, 0.15) is 0 Å². The summed E-state index contributed by atoms with van der Waals surface area (Å²) < 4.78 is 1.68. The second-order valence-electron chi connectivity index (χ2n) is 5.26. The Bertz CT molecular complexity index is 708. The Morgan fingerprint density at radius 1 is 1.26 bits per heavy atom. The van der Waals surface area contributed by atoms with Gasteiger partial charge in [-0.2, -0.15) is 5.10 Å². The monoisotopic (exact) mass is 315 g/mol. The number of hydrogen-bond acceptors (Lipinski definition) is 3. The molecule has 0 aliphatic heterocycles. The Morgan fingerprint density at radius 3 is 2.65 bits per heavy atom. The highest BCUT2D eigenvalue weighted by atomic mass is 16.2. The molecule has 7 nitrogen and oxygen atoms in total. The molecule has 23 heavy (non-hydrogen) atoms. The average molecular weight is 315 g/mol. The first kappa shape index (κ1) is 16.5. The summed E-state index contributed by atoms with van der Waals surface area (Å²) in [5.74, 6) is -0.0389. The second-order valence-corrected chi connectivity index (χ2v) is 5.26. The first-order valence-corrected chi connectivity index (χ1v) is 7.41. The third kappa shape index (κ3) is 4.84. The van der Waals surface area contributed by atoms with Crippen molar-refractivity contribution in [2.45, 2.75) is 26.8 Å². The summed E-state index contributed by atoms with van der Waals surface area (Å²) in [7, 11) is 1.82. The van der Waals surface area contributed by atoms with Gasteiger partial charge in [-0.15, -0.1) is 0 Å². The van der Waals surface area contributed by atoms with E-state index in [0.29, 0.717) is 18.7 Å². The standard InChI is InChI=1S/C16H21N5O2/c1-4-15(22)20-14-6-5-13(7-11(14)2)19-16(23)17-8-12-9-18-21(3)10-12/h5-7,9-10H,4,8H2,1-3H3,(H,20,22)(H2,17,19,23). The molecular weight excluding hydrogens is 294 g/mol. The molecule has 1 aromatic carbocycles. The van der Waals surface area contributed by atoms with Gasteiger partial charge in [0.05, 0.1) is 6.20 Å². The number of amides is 3. The number of aromatic nitrogens is 2. The van der Waals surface area contributed by atoms with E-state index >= 15 is 0 Å². The molecule has 0 bridgehead atoms. The number of aryl methyl sites for hydroxylation is 2. The molecule has 0 fully saturated rings. The highest BCUT2D eigenvalue weighted by molar-refractivity contribution is 5.93. The van der Waals surface area contributed by atoms with E-state index < -0.39 is 0 Å². The summed E-state index contributed by atoms with van der Waals surface area (Å²) in [6.45, 7) is 4.08. The lowest BCUT2D eigenvalue weighted by Crippen LogP contribution is -2.28. The minimum absolute atomic E-state index is 0.0389. The lowest BCUT2D eigenvalue weighted by molar-refractivity contribution is -0.115. The van der Waals surface area contributed by atoms with Crippen LogP contribution in [0.3, 0.4) is 0 Å². The van der Waals surface area contributed by atoms with Gasteiger partial charge in [0.2, 0.25) is 5.91 Å². The van der Waals surface area contributed by atoms with Crippen LogP contribution >= 0.6 is 0 Å². The van der Waals surface area contributed by atoms with Gasteiger partial charge in [0.25, 0.3) is 0 Å². The minimum atomic E-state index is -0.293.